The highest BCUT2D eigenvalue weighted by molar-refractivity contribution is 5.94. The molecule has 2 heterocycles. The van der Waals surface area contributed by atoms with Crippen molar-refractivity contribution in [3.63, 3.8) is 0 Å². The van der Waals surface area contributed by atoms with Gasteiger partial charge in [0.2, 0.25) is 0 Å². The minimum absolute atomic E-state index is 0.0653. The molecule has 1 saturated heterocycles. The smallest absolute Gasteiger partial charge is 0.257 e. The molecule has 1 aromatic heterocycles. The molecule has 1 atom stereocenters. The summed E-state index contributed by atoms with van der Waals surface area (Å²) >= 11 is 0. The second-order valence-electron chi connectivity index (χ2n) is 5.40. The molecule has 1 fully saturated rings. The van der Waals surface area contributed by atoms with E-state index >= 15 is 0 Å². The lowest BCUT2D eigenvalue weighted by Gasteiger charge is -2.22. The topological polar surface area (TPSA) is 62.7 Å². The first-order valence-corrected chi connectivity index (χ1v) is 7.47. The lowest BCUT2D eigenvalue weighted by Crippen LogP contribution is -2.33. The Hall–Kier alpha value is -1.33. The molecule has 112 valence electrons. The van der Waals surface area contributed by atoms with Crippen molar-refractivity contribution in [2.45, 2.75) is 26.8 Å². The summed E-state index contributed by atoms with van der Waals surface area (Å²) in [5.41, 5.74) is 6.12. The summed E-state index contributed by atoms with van der Waals surface area (Å²) in [5.74, 6) is 1.31. The minimum Gasteiger partial charge on any atom is -0.467 e. The number of amides is 1. The molecule has 1 unspecified atom stereocenters. The van der Waals surface area contributed by atoms with Gasteiger partial charge in [-0.25, -0.2) is 0 Å². The number of hydrogen-bond donors (Lipinski definition) is 1. The Morgan fingerprint density at radius 2 is 2.25 bits per heavy atom. The fourth-order valence-corrected chi connectivity index (χ4v) is 2.80. The third kappa shape index (κ3) is 3.41. The Morgan fingerprint density at radius 3 is 2.85 bits per heavy atom. The maximum absolute atomic E-state index is 12.4. The molecule has 0 aromatic carbocycles. The van der Waals surface area contributed by atoms with Crippen molar-refractivity contribution in [2.24, 2.45) is 11.7 Å². The Kier molecular flexibility index (Phi) is 5.20. The van der Waals surface area contributed by atoms with Crippen LogP contribution in [0.25, 0.3) is 0 Å². The van der Waals surface area contributed by atoms with Crippen LogP contribution in [0, 0.1) is 5.92 Å². The number of nitrogens with two attached hydrogens (primary N) is 1. The lowest BCUT2D eigenvalue weighted by atomic mass is 10.1. The van der Waals surface area contributed by atoms with Gasteiger partial charge in [0, 0.05) is 19.6 Å². The molecule has 5 heteroatoms. The Balaban J connectivity index is 1.90. The number of nitrogens with zero attached hydrogens (tertiary/aromatic N) is 2. The summed E-state index contributed by atoms with van der Waals surface area (Å²) in [5, 5.41) is 0. The van der Waals surface area contributed by atoms with Crippen molar-refractivity contribution in [2.75, 3.05) is 32.7 Å². The van der Waals surface area contributed by atoms with Gasteiger partial charge in [-0.3, -0.25) is 4.79 Å². The van der Waals surface area contributed by atoms with Crippen LogP contribution in [0.3, 0.4) is 0 Å². The predicted molar refractivity (Wildman–Crippen MR) is 78.4 cm³/mol. The van der Waals surface area contributed by atoms with Crippen LogP contribution in [0.15, 0.2) is 16.7 Å². The van der Waals surface area contributed by atoms with Crippen LogP contribution in [-0.2, 0) is 6.54 Å². The Bertz CT molecular complexity index is 440. The third-order valence-corrected chi connectivity index (χ3v) is 4.09. The second kappa shape index (κ2) is 6.90. The van der Waals surface area contributed by atoms with E-state index in [1.54, 1.807) is 6.07 Å². The first-order chi connectivity index (χ1) is 9.67. The van der Waals surface area contributed by atoms with Crippen molar-refractivity contribution in [1.82, 2.24) is 9.80 Å². The molecule has 0 radical (unpaired) electrons. The maximum atomic E-state index is 12.4. The van der Waals surface area contributed by atoms with Crippen molar-refractivity contribution in [3.8, 4) is 0 Å². The van der Waals surface area contributed by atoms with E-state index in [-0.39, 0.29) is 5.91 Å². The zero-order valence-corrected chi connectivity index (χ0v) is 12.5. The van der Waals surface area contributed by atoms with E-state index in [1.165, 1.54) is 6.26 Å². The fraction of sp³-hybridized carbons (Fsp3) is 0.667. The monoisotopic (exact) mass is 279 g/mol. The number of carbonyl (C=O) groups is 1. The van der Waals surface area contributed by atoms with Gasteiger partial charge >= 0.3 is 0 Å². The molecule has 1 aliphatic rings. The molecule has 2 N–H and O–H groups in total. The number of carbonyl (C=O) groups excluding carboxylic acids is 1. The van der Waals surface area contributed by atoms with Crippen molar-refractivity contribution < 1.29 is 9.21 Å². The molecule has 0 saturated carbocycles. The molecule has 0 aliphatic carbocycles. The van der Waals surface area contributed by atoms with Crippen molar-refractivity contribution >= 4 is 5.91 Å². The Labute approximate surface area is 120 Å². The van der Waals surface area contributed by atoms with Crippen LogP contribution in [0.2, 0.25) is 0 Å². The van der Waals surface area contributed by atoms with Crippen LogP contribution in [-0.4, -0.2) is 48.4 Å². The van der Waals surface area contributed by atoms with Gasteiger partial charge in [0.25, 0.3) is 5.91 Å². The van der Waals surface area contributed by atoms with E-state index in [2.05, 4.69) is 18.7 Å². The minimum atomic E-state index is 0.0653. The van der Waals surface area contributed by atoms with Crippen molar-refractivity contribution in [1.29, 1.82) is 0 Å². The molecular weight excluding hydrogens is 254 g/mol. The van der Waals surface area contributed by atoms with Crippen LogP contribution in [0.4, 0.5) is 0 Å². The van der Waals surface area contributed by atoms with Gasteiger partial charge < -0.3 is 20.0 Å². The quantitative estimate of drug-likeness (QED) is 0.858. The number of hydrogen-bond acceptors (Lipinski definition) is 4. The van der Waals surface area contributed by atoms with E-state index in [4.69, 9.17) is 10.2 Å². The molecule has 1 aliphatic heterocycles. The van der Waals surface area contributed by atoms with E-state index < -0.39 is 0 Å². The van der Waals surface area contributed by atoms with Crippen LogP contribution in [0.1, 0.15) is 36.4 Å². The largest absolute Gasteiger partial charge is 0.467 e. The zero-order chi connectivity index (χ0) is 14.5. The molecule has 1 amide bonds. The summed E-state index contributed by atoms with van der Waals surface area (Å²) in [6.45, 7) is 9.61. The highest BCUT2D eigenvalue weighted by atomic mass is 16.3. The summed E-state index contributed by atoms with van der Waals surface area (Å²) < 4.78 is 5.24. The number of furan rings is 1. The van der Waals surface area contributed by atoms with Gasteiger partial charge in [0.05, 0.1) is 12.1 Å². The van der Waals surface area contributed by atoms with Gasteiger partial charge in [-0.15, -0.1) is 0 Å². The molecule has 20 heavy (non-hydrogen) atoms. The zero-order valence-electron chi connectivity index (χ0n) is 12.5. The average Bonchev–Trinajstić information content (AvgIpc) is 3.13. The van der Waals surface area contributed by atoms with E-state index in [9.17, 15) is 4.79 Å². The standard InChI is InChI=1S/C15H25N3O2/c1-3-17(4-2)9-12-5-6-18(10-12)15(19)13-7-14(8-16)20-11-13/h7,11-12H,3-6,8-10,16H2,1-2H3. The summed E-state index contributed by atoms with van der Waals surface area (Å²) in [4.78, 5) is 16.7. The van der Waals surface area contributed by atoms with Gasteiger partial charge in [-0.2, -0.15) is 0 Å². The molecule has 5 nitrogen and oxygen atoms in total. The van der Waals surface area contributed by atoms with E-state index in [0.29, 0.717) is 23.8 Å². The van der Waals surface area contributed by atoms with Gasteiger partial charge in [-0.1, -0.05) is 13.8 Å². The molecule has 0 spiro atoms. The number of rotatable bonds is 6. The third-order valence-electron chi connectivity index (χ3n) is 4.09. The number of likely N-dealkylation sites (tertiary alicyclic amines) is 1. The summed E-state index contributed by atoms with van der Waals surface area (Å²) in [7, 11) is 0. The molecule has 1 aromatic rings. The van der Waals surface area contributed by atoms with Gasteiger partial charge in [0.15, 0.2) is 0 Å². The van der Waals surface area contributed by atoms with Gasteiger partial charge in [0.1, 0.15) is 12.0 Å². The molecular formula is C15H25N3O2. The summed E-state index contributed by atoms with van der Waals surface area (Å²) in [6.07, 6.45) is 2.60. The SMILES string of the molecule is CCN(CC)CC1CCN(C(=O)c2coc(CN)c2)C1. The first-order valence-electron chi connectivity index (χ1n) is 7.47. The van der Waals surface area contributed by atoms with Gasteiger partial charge in [-0.05, 0) is 31.5 Å². The Morgan fingerprint density at radius 1 is 1.50 bits per heavy atom. The van der Waals surface area contributed by atoms with E-state index in [1.807, 2.05) is 4.90 Å². The average molecular weight is 279 g/mol. The first kappa shape index (κ1) is 15.1. The highest BCUT2D eigenvalue weighted by Crippen LogP contribution is 2.20. The highest BCUT2D eigenvalue weighted by Gasteiger charge is 2.28. The second-order valence-corrected chi connectivity index (χ2v) is 5.40. The normalized spacial score (nSPS) is 19.0. The molecule has 2 rings (SSSR count). The molecule has 0 bridgehead atoms. The van der Waals surface area contributed by atoms with Crippen LogP contribution in [0.5, 0.6) is 0 Å². The summed E-state index contributed by atoms with van der Waals surface area (Å²) in [6, 6.07) is 1.75. The van der Waals surface area contributed by atoms with E-state index in [0.717, 1.165) is 39.1 Å². The lowest BCUT2D eigenvalue weighted by molar-refractivity contribution is 0.0783. The van der Waals surface area contributed by atoms with Crippen LogP contribution >= 0.6 is 0 Å². The fourth-order valence-electron chi connectivity index (χ4n) is 2.80. The predicted octanol–water partition coefficient (Wildman–Crippen LogP) is 1.54. The maximum Gasteiger partial charge on any atom is 0.257 e. The van der Waals surface area contributed by atoms with Crippen molar-refractivity contribution in [3.05, 3.63) is 23.7 Å². The van der Waals surface area contributed by atoms with Crippen LogP contribution < -0.4 is 5.73 Å².